The van der Waals surface area contributed by atoms with Crippen molar-refractivity contribution in [1.29, 1.82) is 0 Å². The van der Waals surface area contributed by atoms with E-state index in [2.05, 4.69) is 6.58 Å². The van der Waals surface area contributed by atoms with Gasteiger partial charge in [0, 0.05) is 0 Å². The molecule has 0 aromatic rings. The van der Waals surface area contributed by atoms with Crippen molar-refractivity contribution < 1.29 is 13.2 Å². The summed E-state index contributed by atoms with van der Waals surface area (Å²) in [6.45, 7) is 6.72. The van der Waals surface area contributed by atoms with E-state index in [9.17, 15) is 13.2 Å². The van der Waals surface area contributed by atoms with Gasteiger partial charge in [-0.25, -0.2) is 0 Å². The third-order valence-electron chi connectivity index (χ3n) is 1.66. The highest BCUT2D eigenvalue weighted by atomic mass is 19.4. The summed E-state index contributed by atoms with van der Waals surface area (Å²) in [5.74, 6) is -0.0559. The molecule has 0 radical (unpaired) electrons. The molecule has 3 heteroatoms. The maximum Gasteiger partial charge on any atom is 0.416 e. The molecule has 0 N–H and O–H groups in total. The molecule has 0 heterocycles. The molecule has 70 valence electrons. The van der Waals surface area contributed by atoms with Crippen LogP contribution in [-0.2, 0) is 0 Å². The molecule has 0 saturated carbocycles. The lowest BCUT2D eigenvalue weighted by Crippen LogP contribution is -2.10. The molecule has 12 heavy (non-hydrogen) atoms. The van der Waals surface area contributed by atoms with Gasteiger partial charge in [-0.15, -0.1) is 0 Å². The smallest absolute Gasteiger partial charge is 0.166 e. The Morgan fingerprint density at radius 3 is 2.25 bits per heavy atom. The summed E-state index contributed by atoms with van der Waals surface area (Å²) in [6.07, 6.45) is -1.50. The van der Waals surface area contributed by atoms with Crippen molar-refractivity contribution in [2.45, 2.75) is 26.4 Å². The summed E-state index contributed by atoms with van der Waals surface area (Å²) in [4.78, 5) is 0. The van der Waals surface area contributed by atoms with E-state index in [1.54, 1.807) is 6.92 Å². The summed E-state index contributed by atoms with van der Waals surface area (Å²) in [5.41, 5.74) is -0.642. The molecule has 0 aromatic carbocycles. The average Bonchev–Trinajstić information content (AvgIpc) is 1.97. The van der Waals surface area contributed by atoms with Gasteiger partial charge >= 0.3 is 6.18 Å². The van der Waals surface area contributed by atoms with Gasteiger partial charge in [-0.05, 0) is 5.92 Å². The number of hydrogen-bond acceptors (Lipinski definition) is 0. The Labute approximate surface area is 70.8 Å². The Bertz CT molecular complexity index is 177. The van der Waals surface area contributed by atoms with Crippen LogP contribution in [0.15, 0.2) is 24.3 Å². The quantitative estimate of drug-likeness (QED) is 0.578. The molecule has 0 aromatic heterocycles. The van der Waals surface area contributed by atoms with Crippen molar-refractivity contribution in [1.82, 2.24) is 0 Å². The van der Waals surface area contributed by atoms with Gasteiger partial charge in [-0.3, -0.25) is 0 Å². The number of halogens is 3. The predicted octanol–water partition coefficient (Wildman–Crippen LogP) is 3.71. The van der Waals surface area contributed by atoms with Crippen LogP contribution in [0.1, 0.15) is 20.3 Å². The maximum absolute atomic E-state index is 12.1. The molecule has 0 aliphatic carbocycles. The molecule has 1 atom stereocenters. The number of allylic oxidation sites excluding steroid dienone is 3. The number of rotatable bonds is 3. The van der Waals surface area contributed by atoms with Gasteiger partial charge in [-0.2, -0.15) is 13.2 Å². The minimum absolute atomic E-state index is 0.0559. The average molecular weight is 178 g/mol. The lowest BCUT2D eigenvalue weighted by Gasteiger charge is -2.09. The number of hydrogen-bond donors (Lipinski definition) is 0. The van der Waals surface area contributed by atoms with E-state index in [-0.39, 0.29) is 5.92 Å². The van der Waals surface area contributed by atoms with Gasteiger partial charge in [0.05, 0.1) is 5.57 Å². The molecule has 0 amide bonds. The molecule has 0 fully saturated rings. The third kappa shape index (κ3) is 3.60. The second-order valence-electron chi connectivity index (χ2n) is 2.71. The van der Waals surface area contributed by atoms with E-state index in [0.29, 0.717) is 6.42 Å². The Morgan fingerprint density at radius 2 is 2.00 bits per heavy atom. The van der Waals surface area contributed by atoms with Gasteiger partial charge in [0.15, 0.2) is 0 Å². The summed E-state index contributed by atoms with van der Waals surface area (Å²) >= 11 is 0. The van der Waals surface area contributed by atoms with Crippen LogP contribution >= 0.6 is 0 Å². The van der Waals surface area contributed by atoms with E-state index in [1.807, 2.05) is 6.92 Å². The summed E-state index contributed by atoms with van der Waals surface area (Å²) in [6, 6.07) is 0. The Morgan fingerprint density at radius 1 is 1.50 bits per heavy atom. The van der Waals surface area contributed by atoms with Crippen molar-refractivity contribution in [2.24, 2.45) is 5.92 Å². The van der Waals surface area contributed by atoms with E-state index in [0.717, 1.165) is 6.08 Å². The first-order valence-electron chi connectivity index (χ1n) is 3.83. The van der Waals surface area contributed by atoms with Crippen molar-refractivity contribution in [3.63, 3.8) is 0 Å². The highest BCUT2D eigenvalue weighted by molar-refractivity contribution is 5.22. The fraction of sp³-hybridized carbons (Fsp3) is 0.556. The monoisotopic (exact) mass is 178 g/mol. The van der Waals surface area contributed by atoms with E-state index in [4.69, 9.17) is 0 Å². The molecule has 0 nitrogen and oxygen atoms in total. The standard InChI is InChI=1S/C9H13F3/c1-4-7(3)6-8(5-2)9(10,11)12/h5-7H,2,4H2,1,3H3. The third-order valence-corrected chi connectivity index (χ3v) is 1.66. The molecular formula is C9H13F3. The fourth-order valence-corrected chi connectivity index (χ4v) is 0.703. The lowest BCUT2D eigenvalue weighted by atomic mass is 10.0. The zero-order valence-electron chi connectivity index (χ0n) is 7.28. The largest absolute Gasteiger partial charge is 0.416 e. The van der Waals surface area contributed by atoms with Gasteiger partial charge in [-0.1, -0.05) is 39.0 Å². The zero-order chi connectivity index (χ0) is 9.78. The van der Waals surface area contributed by atoms with E-state index in [1.165, 1.54) is 6.08 Å². The first-order valence-corrected chi connectivity index (χ1v) is 3.83. The fourth-order valence-electron chi connectivity index (χ4n) is 0.703. The molecule has 0 saturated heterocycles. The molecule has 0 bridgehead atoms. The van der Waals surface area contributed by atoms with Crippen LogP contribution in [0.25, 0.3) is 0 Å². The number of alkyl halides is 3. The van der Waals surface area contributed by atoms with Gasteiger partial charge in [0.25, 0.3) is 0 Å². The van der Waals surface area contributed by atoms with Crippen LogP contribution < -0.4 is 0 Å². The predicted molar refractivity (Wildman–Crippen MR) is 43.8 cm³/mol. The molecular weight excluding hydrogens is 165 g/mol. The normalized spacial score (nSPS) is 15.9. The Hall–Kier alpha value is -0.730. The molecule has 0 aliphatic rings. The van der Waals surface area contributed by atoms with Crippen LogP contribution in [0.3, 0.4) is 0 Å². The van der Waals surface area contributed by atoms with Gasteiger partial charge < -0.3 is 0 Å². The molecule has 0 spiro atoms. The lowest BCUT2D eigenvalue weighted by molar-refractivity contribution is -0.0886. The molecule has 0 rings (SSSR count). The topological polar surface area (TPSA) is 0 Å². The van der Waals surface area contributed by atoms with Crippen molar-refractivity contribution in [2.75, 3.05) is 0 Å². The van der Waals surface area contributed by atoms with Crippen LogP contribution in [-0.4, -0.2) is 6.18 Å². The maximum atomic E-state index is 12.1. The van der Waals surface area contributed by atoms with Crippen molar-refractivity contribution >= 4 is 0 Å². The summed E-state index contributed by atoms with van der Waals surface area (Å²) in [5, 5.41) is 0. The van der Waals surface area contributed by atoms with Crippen LogP contribution in [0.5, 0.6) is 0 Å². The summed E-state index contributed by atoms with van der Waals surface area (Å²) in [7, 11) is 0. The summed E-state index contributed by atoms with van der Waals surface area (Å²) < 4.78 is 36.2. The molecule has 1 unspecified atom stereocenters. The second kappa shape index (κ2) is 4.33. The van der Waals surface area contributed by atoms with Crippen molar-refractivity contribution in [3.8, 4) is 0 Å². The second-order valence-corrected chi connectivity index (χ2v) is 2.71. The minimum Gasteiger partial charge on any atom is -0.166 e. The first kappa shape index (κ1) is 11.3. The zero-order valence-corrected chi connectivity index (χ0v) is 7.28. The first-order chi connectivity index (χ1) is 5.41. The molecule has 0 aliphatic heterocycles. The van der Waals surface area contributed by atoms with Gasteiger partial charge in [0.2, 0.25) is 0 Å². The van der Waals surface area contributed by atoms with Crippen LogP contribution in [0, 0.1) is 5.92 Å². The Balaban J connectivity index is 4.55. The van der Waals surface area contributed by atoms with E-state index >= 15 is 0 Å². The minimum atomic E-state index is -4.26. The van der Waals surface area contributed by atoms with Crippen molar-refractivity contribution in [3.05, 3.63) is 24.3 Å². The highest BCUT2D eigenvalue weighted by Gasteiger charge is 2.31. The van der Waals surface area contributed by atoms with E-state index < -0.39 is 11.7 Å². The SMILES string of the molecule is C=CC(=CC(C)CC)C(F)(F)F. The van der Waals surface area contributed by atoms with Crippen LogP contribution in [0.4, 0.5) is 13.2 Å². The van der Waals surface area contributed by atoms with Gasteiger partial charge in [0.1, 0.15) is 0 Å². The van der Waals surface area contributed by atoms with Crippen LogP contribution in [0.2, 0.25) is 0 Å². The highest BCUT2D eigenvalue weighted by Crippen LogP contribution is 2.27. The Kier molecular flexibility index (Phi) is 4.07.